The Kier molecular flexibility index (Phi) is 5.34. The second-order valence-corrected chi connectivity index (χ2v) is 9.16. The number of nitrogens with zero attached hydrogens (tertiary/aromatic N) is 1. The van der Waals surface area contributed by atoms with Gasteiger partial charge in [-0.15, -0.1) is 0 Å². The summed E-state index contributed by atoms with van der Waals surface area (Å²) >= 11 is 4.96. The van der Waals surface area contributed by atoms with Gasteiger partial charge >= 0.3 is 0 Å². The summed E-state index contributed by atoms with van der Waals surface area (Å²) in [4.78, 5) is 16.7. The molecule has 3 aromatic rings. The van der Waals surface area contributed by atoms with Gasteiger partial charge in [0, 0.05) is 10.0 Å². The lowest BCUT2D eigenvalue weighted by Gasteiger charge is -2.23. The molecule has 1 N–H and O–H groups in total. The standard InChI is InChI=1S/C20H21BrN2O2S/c1-12-5-7-15-17(9-12)26-19(22-15)23-18(24)11-25-16-8-6-13(21)10-14(16)20(2,3)4/h5-10H,11H2,1-4H3,(H,22,23,24). The molecule has 2 aromatic carbocycles. The highest BCUT2D eigenvalue weighted by molar-refractivity contribution is 9.10. The van der Waals surface area contributed by atoms with Crippen molar-refractivity contribution in [1.29, 1.82) is 0 Å². The molecule has 4 nitrogen and oxygen atoms in total. The molecule has 1 aromatic heterocycles. The van der Waals surface area contributed by atoms with E-state index in [1.807, 2.05) is 37.3 Å². The van der Waals surface area contributed by atoms with Crippen molar-refractivity contribution in [2.24, 2.45) is 0 Å². The monoisotopic (exact) mass is 432 g/mol. The van der Waals surface area contributed by atoms with Crippen LogP contribution in [0.4, 0.5) is 5.13 Å². The van der Waals surface area contributed by atoms with Crippen LogP contribution in [0.3, 0.4) is 0 Å². The normalized spacial score (nSPS) is 11.6. The summed E-state index contributed by atoms with van der Waals surface area (Å²) in [5, 5.41) is 3.41. The lowest BCUT2D eigenvalue weighted by Crippen LogP contribution is -2.21. The molecular formula is C20H21BrN2O2S. The topological polar surface area (TPSA) is 51.2 Å². The molecule has 0 aliphatic heterocycles. The first-order valence-electron chi connectivity index (χ1n) is 8.32. The Morgan fingerprint density at radius 3 is 2.73 bits per heavy atom. The molecule has 1 amide bonds. The number of rotatable bonds is 4. The Labute approximate surface area is 165 Å². The molecule has 0 bridgehead atoms. The van der Waals surface area contributed by atoms with E-state index in [4.69, 9.17) is 4.74 Å². The first-order valence-corrected chi connectivity index (χ1v) is 9.93. The highest BCUT2D eigenvalue weighted by Crippen LogP contribution is 2.33. The summed E-state index contributed by atoms with van der Waals surface area (Å²) < 4.78 is 7.84. The van der Waals surface area contributed by atoms with E-state index in [9.17, 15) is 4.79 Å². The smallest absolute Gasteiger partial charge is 0.264 e. The van der Waals surface area contributed by atoms with E-state index in [0.717, 1.165) is 26.0 Å². The van der Waals surface area contributed by atoms with E-state index >= 15 is 0 Å². The predicted octanol–water partition coefficient (Wildman–Crippen LogP) is 5.68. The van der Waals surface area contributed by atoms with Gasteiger partial charge in [0.05, 0.1) is 10.2 Å². The van der Waals surface area contributed by atoms with Crippen LogP contribution in [0.1, 0.15) is 31.9 Å². The lowest BCUT2D eigenvalue weighted by molar-refractivity contribution is -0.118. The van der Waals surface area contributed by atoms with Crippen LogP contribution in [0.15, 0.2) is 40.9 Å². The van der Waals surface area contributed by atoms with Gasteiger partial charge in [-0.25, -0.2) is 4.98 Å². The maximum absolute atomic E-state index is 12.3. The fraction of sp³-hybridized carbons (Fsp3) is 0.300. The summed E-state index contributed by atoms with van der Waals surface area (Å²) in [6, 6.07) is 11.9. The molecule has 0 fully saturated rings. The van der Waals surface area contributed by atoms with E-state index in [1.165, 1.54) is 16.9 Å². The van der Waals surface area contributed by atoms with Crippen molar-refractivity contribution in [1.82, 2.24) is 4.98 Å². The molecule has 26 heavy (non-hydrogen) atoms. The van der Waals surface area contributed by atoms with Gasteiger partial charge in [-0.3, -0.25) is 10.1 Å². The minimum absolute atomic E-state index is 0.0559. The van der Waals surface area contributed by atoms with Gasteiger partial charge < -0.3 is 4.74 Å². The largest absolute Gasteiger partial charge is 0.483 e. The minimum atomic E-state index is -0.219. The fourth-order valence-electron chi connectivity index (χ4n) is 2.60. The van der Waals surface area contributed by atoms with Gasteiger partial charge in [0.1, 0.15) is 5.75 Å². The maximum Gasteiger partial charge on any atom is 0.264 e. The van der Waals surface area contributed by atoms with Crippen molar-refractivity contribution in [3.63, 3.8) is 0 Å². The minimum Gasteiger partial charge on any atom is -0.483 e. The number of ether oxygens (including phenoxy) is 1. The van der Waals surface area contributed by atoms with Crippen LogP contribution in [0.5, 0.6) is 5.75 Å². The highest BCUT2D eigenvalue weighted by Gasteiger charge is 2.20. The molecule has 6 heteroatoms. The quantitative estimate of drug-likeness (QED) is 0.576. The Hall–Kier alpha value is -1.92. The molecule has 0 aliphatic carbocycles. The highest BCUT2D eigenvalue weighted by atomic mass is 79.9. The summed E-state index contributed by atoms with van der Waals surface area (Å²) in [5.74, 6) is 0.499. The average Bonchev–Trinajstić information content (AvgIpc) is 2.94. The van der Waals surface area contributed by atoms with Gasteiger partial charge in [-0.1, -0.05) is 54.1 Å². The third-order valence-corrected chi connectivity index (χ3v) is 5.33. The Balaban J connectivity index is 1.69. The van der Waals surface area contributed by atoms with Gasteiger partial charge in [-0.05, 0) is 48.2 Å². The number of fused-ring (bicyclic) bond motifs is 1. The molecule has 0 atom stereocenters. The second-order valence-electron chi connectivity index (χ2n) is 7.22. The zero-order chi connectivity index (χ0) is 18.9. The van der Waals surface area contributed by atoms with Crippen LogP contribution in [-0.2, 0) is 10.2 Å². The first-order chi connectivity index (χ1) is 12.2. The lowest BCUT2D eigenvalue weighted by atomic mass is 9.86. The molecular weight excluding hydrogens is 412 g/mol. The molecule has 3 rings (SSSR count). The molecule has 0 aliphatic rings. The number of carbonyl (C=O) groups excluding carboxylic acids is 1. The number of aryl methyl sites for hydroxylation is 1. The van der Waals surface area contributed by atoms with Gasteiger partial charge in [0.15, 0.2) is 11.7 Å². The van der Waals surface area contributed by atoms with Gasteiger partial charge in [-0.2, -0.15) is 0 Å². The van der Waals surface area contributed by atoms with Crippen LogP contribution in [0.25, 0.3) is 10.2 Å². The summed E-state index contributed by atoms with van der Waals surface area (Å²) in [5.41, 5.74) is 3.03. The molecule has 0 unspecified atom stereocenters. The molecule has 136 valence electrons. The SMILES string of the molecule is Cc1ccc2nc(NC(=O)COc3ccc(Br)cc3C(C)(C)C)sc2c1. The number of aromatic nitrogens is 1. The number of amides is 1. The van der Waals surface area contributed by atoms with E-state index in [1.54, 1.807) is 0 Å². The zero-order valence-corrected chi connectivity index (χ0v) is 17.6. The van der Waals surface area contributed by atoms with Crippen LogP contribution in [0, 0.1) is 6.92 Å². The van der Waals surface area contributed by atoms with E-state index in [0.29, 0.717) is 5.13 Å². The van der Waals surface area contributed by atoms with Crippen molar-refractivity contribution < 1.29 is 9.53 Å². The van der Waals surface area contributed by atoms with Crippen LogP contribution < -0.4 is 10.1 Å². The number of benzene rings is 2. The van der Waals surface area contributed by atoms with Crippen LogP contribution >= 0.6 is 27.3 Å². The van der Waals surface area contributed by atoms with Crippen molar-refractivity contribution in [3.8, 4) is 5.75 Å². The molecule has 0 saturated carbocycles. The maximum atomic E-state index is 12.3. The predicted molar refractivity (Wildman–Crippen MR) is 111 cm³/mol. The van der Waals surface area contributed by atoms with E-state index in [-0.39, 0.29) is 17.9 Å². The second kappa shape index (κ2) is 7.37. The molecule has 1 heterocycles. The third kappa shape index (κ3) is 4.43. The number of nitrogens with one attached hydrogen (secondary N) is 1. The van der Waals surface area contributed by atoms with Gasteiger partial charge in [0.25, 0.3) is 5.91 Å². The van der Waals surface area contributed by atoms with Crippen LogP contribution in [0.2, 0.25) is 0 Å². The van der Waals surface area contributed by atoms with Crippen molar-refractivity contribution in [2.75, 3.05) is 11.9 Å². The molecule has 0 saturated heterocycles. The average molecular weight is 433 g/mol. The summed E-state index contributed by atoms with van der Waals surface area (Å²) in [7, 11) is 0. The molecule has 0 radical (unpaired) electrons. The Morgan fingerprint density at radius 2 is 2.00 bits per heavy atom. The summed E-state index contributed by atoms with van der Waals surface area (Å²) in [6.07, 6.45) is 0. The number of carbonyl (C=O) groups is 1. The zero-order valence-electron chi connectivity index (χ0n) is 15.2. The number of thiazole rings is 1. The van der Waals surface area contributed by atoms with Crippen molar-refractivity contribution in [2.45, 2.75) is 33.1 Å². The van der Waals surface area contributed by atoms with Crippen LogP contribution in [-0.4, -0.2) is 17.5 Å². The third-order valence-electron chi connectivity index (χ3n) is 3.90. The number of hydrogen-bond acceptors (Lipinski definition) is 4. The Morgan fingerprint density at radius 1 is 1.23 bits per heavy atom. The first kappa shape index (κ1) is 18.9. The Bertz CT molecular complexity index is 960. The van der Waals surface area contributed by atoms with E-state index in [2.05, 4.69) is 53.1 Å². The number of anilines is 1. The van der Waals surface area contributed by atoms with Crippen molar-refractivity contribution in [3.05, 3.63) is 52.0 Å². The van der Waals surface area contributed by atoms with Gasteiger partial charge in [0.2, 0.25) is 0 Å². The number of hydrogen-bond donors (Lipinski definition) is 1. The van der Waals surface area contributed by atoms with Crippen molar-refractivity contribution >= 4 is 48.5 Å². The number of halogens is 1. The van der Waals surface area contributed by atoms with E-state index < -0.39 is 0 Å². The fourth-order valence-corrected chi connectivity index (χ4v) is 3.94. The summed E-state index contributed by atoms with van der Waals surface area (Å²) in [6.45, 7) is 8.33. The molecule has 0 spiro atoms.